The SMILES string of the molecule is Cc1cc(C)cc(-c2nc3ccc(OCCN4CCCCC4)cc3n2Cc2ccccc2Br)c1. The highest BCUT2D eigenvalue weighted by Crippen LogP contribution is 2.31. The number of hydrogen-bond donors (Lipinski definition) is 0. The molecule has 0 aliphatic carbocycles. The second-order valence-corrected chi connectivity index (χ2v) is 10.2. The van der Waals surface area contributed by atoms with Crippen LogP contribution in [-0.2, 0) is 6.54 Å². The minimum absolute atomic E-state index is 0.716. The number of aromatic nitrogens is 2. The van der Waals surface area contributed by atoms with E-state index < -0.39 is 0 Å². The van der Waals surface area contributed by atoms with Crippen molar-refractivity contribution < 1.29 is 4.74 Å². The molecule has 0 N–H and O–H groups in total. The van der Waals surface area contributed by atoms with Crippen molar-refractivity contribution in [2.24, 2.45) is 0 Å². The zero-order valence-corrected chi connectivity index (χ0v) is 21.6. The van der Waals surface area contributed by atoms with E-state index in [1.165, 1.54) is 49.0 Å². The standard InChI is InChI=1S/C29H32BrN3O/c1-21-16-22(2)18-24(17-21)29-31-27-11-10-25(34-15-14-32-12-6-3-7-13-32)19-28(27)33(29)20-23-8-4-5-9-26(23)30/h4-5,8-11,16-19H,3,6-7,12-15,20H2,1-2H3. The van der Waals surface area contributed by atoms with Crippen LogP contribution in [0.15, 0.2) is 65.1 Å². The Balaban J connectivity index is 1.49. The van der Waals surface area contributed by atoms with E-state index in [2.05, 4.69) is 99.9 Å². The predicted octanol–water partition coefficient (Wildman–Crippen LogP) is 7.00. The predicted molar refractivity (Wildman–Crippen MR) is 144 cm³/mol. The van der Waals surface area contributed by atoms with E-state index in [1.54, 1.807) is 0 Å². The lowest BCUT2D eigenvalue weighted by Crippen LogP contribution is -2.33. The molecule has 0 spiro atoms. The van der Waals surface area contributed by atoms with E-state index in [-0.39, 0.29) is 0 Å². The molecule has 0 unspecified atom stereocenters. The van der Waals surface area contributed by atoms with E-state index in [1.807, 2.05) is 0 Å². The van der Waals surface area contributed by atoms with E-state index in [0.29, 0.717) is 6.61 Å². The number of nitrogens with zero attached hydrogens (tertiary/aromatic N) is 3. The first-order valence-corrected chi connectivity index (χ1v) is 13.0. The number of imidazole rings is 1. The molecule has 1 aromatic heterocycles. The van der Waals surface area contributed by atoms with Gasteiger partial charge in [0.15, 0.2) is 0 Å². The van der Waals surface area contributed by atoms with Crippen LogP contribution in [-0.4, -0.2) is 40.7 Å². The molecule has 0 amide bonds. The maximum atomic E-state index is 6.21. The Hall–Kier alpha value is -2.63. The van der Waals surface area contributed by atoms with Gasteiger partial charge in [-0.2, -0.15) is 0 Å². The molecule has 2 heterocycles. The Morgan fingerprint density at radius 1 is 0.912 bits per heavy atom. The van der Waals surface area contributed by atoms with Crippen LogP contribution in [0.1, 0.15) is 36.0 Å². The summed E-state index contributed by atoms with van der Waals surface area (Å²) in [4.78, 5) is 7.58. The second-order valence-electron chi connectivity index (χ2n) is 9.39. The van der Waals surface area contributed by atoms with E-state index in [0.717, 1.165) is 45.7 Å². The first-order valence-electron chi connectivity index (χ1n) is 12.2. The fourth-order valence-electron chi connectivity index (χ4n) is 4.95. The summed E-state index contributed by atoms with van der Waals surface area (Å²) in [6.07, 6.45) is 3.97. The van der Waals surface area contributed by atoms with Crippen molar-refractivity contribution in [1.29, 1.82) is 0 Å². The van der Waals surface area contributed by atoms with Crippen LogP contribution in [0.3, 0.4) is 0 Å². The molecule has 5 heteroatoms. The number of halogens is 1. The number of rotatable bonds is 7. The lowest BCUT2D eigenvalue weighted by Gasteiger charge is -2.26. The van der Waals surface area contributed by atoms with Gasteiger partial charge in [0.2, 0.25) is 0 Å². The summed E-state index contributed by atoms with van der Waals surface area (Å²) >= 11 is 3.73. The first-order chi connectivity index (χ1) is 16.6. The fraction of sp³-hybridized carbons (Fsp3) is 0.345. The number of likely N-dealkylation sites (tertiary alicyclic amines) is 1. The smallest absolute Gasteiger partial charge is 0.141 e. The molecule has 0 saturated carbocycles. The zero-order valence-electron chi connectivity index (χ0n) is 20.1. The summed E-state index contributed by atoms with van der Waals surface area (Å²) in [7, 11) is 0. The van der Waals surface area contributed by atoms with Gasteiger partial charge in [0.05, 0.1) is 17.6 Å². The highest BCUT2D eigenvalue weighted by Gasteiger charge is 2.16. The van der Waals surface area contributed by atoms with Crippen molar-refractivity contribution in [3.8, 4) is 17.1 Å². The summed E-state index contributed by atoms with van der Waals surface area (Å²) in [6.45, 7) is 9.12. The molecule has 1 fully saturated rings. The van der Waals surface area contributed by atoms with Crippen LogP contribution >= 0.6 is 15.9 Å². The molecule has 176 valence electrons. The van der Waals surface area contributed by atoms with Crippen molar-refractivity contribution in [3.05, 3.63) is 81.8 Å². The van der Waals surface area contributed by atoms with Gasteiger partial charge in [-0.3, -0.25) is 4.90 Å². The third kappa shape index (κ3) is 5.21. The van der Waals surface area contributed by atoms with Gasteiger partial charge in [0.25, 0.3) is 0 Å². The number of benzene rings is 3. The molecular weight excluding hydrogens is 486 g/mol. The number of ether oxygens (including phenoxy) is 1. The molecule has 1 aliphatic rings. The van der Waals surface area contributed by atoms with Crippen LogP contribution in [0.25, 0.3) is 22.4 Å². The third-order valence-corrected chi connectivity index (χ3v) is 7.38. The van der Waals surface area contributed by atoms with Crippen LogP contribution in [0.2, 0.25) is 0 Å². The second kappa shape index (κ2) is 10.3. The third-order valence-electron chi connectivity index (χ3n) is 6.61. The van der Waals surface area contributed by atoms with Crippen LogP contribution in [0, 0.1) is 13.8 Å². The Morgan fingerprint density at radius 3 is 2.44 bits per heavy atom. The maximum Gasteiger partial charge on any atom is 0.141 e. The topological polar surface area (TPSA) is 30.3 Å². The van der Waals surface area contributed by atoms with Gasteiger partial charge in [0.1, 0.15) is 18.2 Å². The Labute approximate surface area is 210 Å². The monoisotopic (exact) mass is 517 g/mol. The van der Waals surface area contributed by atoms with Crippen LogP contribution in [0.4, 0.5) is 0 Å². The van der Waals surface area contributed by atoms with E-state index >= 15 is 0 Å². The lowest BCUT2D eigenvalue weighted by molar-refractivity contribution is 0.183. The molecule has 1 saturated heterocycles. The molecule has 0 bridgehead atoms. The highest BCUT2D eigenvalue weighted by molar-refractivity contribution is 9.10. The summed E-state index contributed by atoms with van der Waals surface area (Å²) < 4.78 is 9.64. The number of fused-ring (bicyclic) bond motifs is 1. The molecular formula is C29H32BrN3O. The Bertz CT molecular complexity index is 1270. The highest BCUT2D eigenvalue weighted by atomic mass is 79.9. The van der Waals surface area contributed by atoms with Crippen molar-refractivity contribution in [1.82, 2.24) is 14.5 Å². The van der Waals surface area contributed by atoms with Gasteiger partial charge < -0.3 is 9.30 Å². The van der Waals surface area contributed by atoms with E-state index in [4.69, 9.17) is 9.72 Å². The van der Waals surface area contributed by atoms with Gasteiger partial charge in [-0.05, 0) is 75.7 Å². The molecule has 0 radical (unpaired) electrons. The Morgan fingerprint density at radius 2 is 1.68 bits per heavy atom. The zero-order chi connectivity index (χ0) is 23.5. The van der Waals surface area contributed by atoms with Crippen molar-refractivity contribution in [2.75, 3.05) is 26.2 Å². The summed E-state index contributed by atoms with van der Waals surface area (Å²) in [5, 5.41) is 0. The number of piperidine rings is 1. The minimum atomic E-state index is 0.716. The molecule has 4 nitrogen and oxygen atoms in total. The van der Waals surface area contributed by atoms with Gasteiger partial charge in [0, 0.05) is 22.6 Å². The summed E-state index contributed by atoms with van der Waals surface area (Å²) in [5.41, 5.74) is 6.95. The van der Waals surface area contributed by atoms with Gasteiger partial charge >= 0.3 is 0 Å². The average Bonchev–Trinajstić information content (AvgIpc) is 3.18. The fourth-order valence-corrected chi connectivity index (χ4v) is 5.36. The molecule has 1 aliphatic heterocycles. The molecule has 34 heavy (non-hydrogen) atoms. The minimum Gasteiger partial charge on any atom is -0.492 e. The quantitative estimate of drug-likeness (QED) is 0.264. The summed E-state index contributed by atoms with van der Waals surface area (Å²) in [5.74, 6) is 1.90. The molecule has 0 atom stereocenters. The largest absolute Gasteiger partial charge is 0.492 e. The van der Waals surface area contributed by atoms with Gasteiger partial charge in [-0.1, -0.05) is 57.7 Å². The van der Waals surface area contributed by atoms with Crippen molar-refractivity contribution >= 4 is 27.0 Å². The number of aryl methyl sites for hydroxylation is 2. The molecule has 5 rings (SSSR count). The average molecular weight is 518 g/mol. The van der Waals surface area contributed by atoms with Gasteiger partial charge in [-0.15, -0.1) is 0 Å². The first kappa shape index (κ1) is 23.1. The van der Waals surface area contributed by atoms with Gasteiger partial charge in [-0.25, -0.2) is 4.98 Å². The maximum absolute atomic E-state index is 6.21. The summed E-state index contributed by atoms with van der Waals surface area (Å²) in [6, 6.07) is 21.4. The molecule has 4 aromatic rings. The molecule has 3 aromatic carbocycles. The van der Waals surface area contributed by atoms with Crippen LogP contribution in [0.5, 0.6) is 5.75 Å². The van der Waals surface area contributed by atoms with E-state index in [9.17, 15) is 0 Å². The Kier molecular flexibility index (Phi) is 7.02. The number of hydrogen-bond acceptors (Lipinski definition) is 3. The normalized spacial score (nSPS) is 14.6. The van der Waals surface area contributed by atoms with Crippen LogP contribution < -0.4 is 4.74 Å². The van der Waals surface area contributed by atoms with Crippen molar-refractivity contribution in [3.63, 3.8) is 0 Å². The van der Waals surface area contributed by atoms with Crippen molar-refractivity contribution in [2.45, 2.75) is 39.7 Å². The lowest BCUT2D eigenvalue weighted by atomic mass is 10.1.